The summed E-state index contributed by atoms with van der Waals surface area (Å²) in [6.07, 6.45) is -3.14. The standard InChI is InChI=1S/C22H18F4N2O3/c1-31-20-8-6-13(5-7-19(30)14-3-2-4-16(29)10-14)9-15(20)12-28-18(22(25)26)11-17(27-28)21(23)24/h2-11,21-22,29H,12H2,1H3/b7-5+. The molecule has 0 bridgehead atoms. The Balaban J connectivity index is 1.89. The van der Waals surface area contributed by atoms with E-state index in [0.29, 0.717) is 28.5 Å². The minimum Gasteiger partial charge on any atom is -0.508 e. The van der Waals surface area contributed by atoms with Gasteiger partial charge in [0.25, 0.3) is 12.9 Å². The lowest BCUT2D eigenvalue weighted by molar-refractivity contribution is 0.104. The van der Waals surface area contributed by atoms with Gasteiger partial charge in [0.2, 0.25) is 0 Å². The van der Waals surface area contributed by atoms with Crippen molar-refractivity contribution < 1.29 is 32.2 Å². The number of aromatic nitrogens is 2. The van der Waals surface area contributed by atoms with E-state index >= 15 is 0 Å². The summed E-state index contributed by atoms with van der Waals surface area (Å²) < 4.78 is 58.4. The Bertz CT molecular complexity index is 1110. The number of benzene rings is 2. The Morgan fingerprint density at radius 1 is 1.13 bits per heavy atom. The number of hydrogen-bond acceptors (Lipinski definition) is 4. The number of alkyl halides is 4. The second-order valence-corrected chi connectivity index (χ2v) is 6.57. The largest absolute Gasteiger partial charge is 0.508 e. The van der Waals surface area contributed by atoms with Crippen molar-refractivity contribution in [2.75, 3.05) is 7.11 Å². The van der Waals surface area contributed by atoms with Crippen LogP contribution < -0.4 is 4.74 Å². The number of hydrogen-bond donors (Lipinski definition) is 1. The molecule has 1 N–H and O–H groups in total. The van der Waals surface area contributed by atoms with Crippen molar-refractivity contribution >= 4 is 11.9 Å². The fraction of sp³-hybridized carbons (Fsp3) is 0.182. The second-order valence-electron chi connectivity index (χ2n) is 6.57. The molecule has 1 aromatic heterocycles. The van der Waals surface area contributed by atoms with Crippen LogP contribution in [0.1, 0.15) is 45.7 Å². The van der Waals surface area contributed by atoms with Crippen LogP contribution in [0.4, 0.5) is 17.6 Å². The number of ether oxygens (including phenoxy) is 1. The van der Waals surface area contributed by atoms with Gasteiger partial charge in [-0.15, -0.1) is 0 Å². The Morgan fingerprint density at radius 2 is 1.90 bits per heavy atom. The third kappa shape index (κ3) is 5.30. The molecular formula is C22H18F4N2O3. The number of allylic oxidation sites excluding steroid dienone is 1. The first kappa shape index (κ1) is 22.1. The highest BCUT2D eigenvalue weighted by atomic mass is 19.3. The molecule has 0 spiro atoms. The van der Waals surface area contributed by atoms with Crippen molar-refractivity contribution in [1.82, 2.24) is 9.78 Å². The van der Waals surface area contributed by atoms with E-state index in [2.05, 4.69) is 5.10 Å². The van der Waals surface area contributed by atoms with Gasteiger partial charge in [-0.25, -0.2) is 17.6 Å². The SMILES string of the molecule is COc1ccc(/C=C/C(=O)c2cccc(O)c2)cc1Cn1nc(C(F)F)cc1C(F)F. The van der Waals surface area contributed by atoms with E-state index in [0.717, 1.165) is 4.68 Å². The third-order valence-electron chi connectivity index (χ3n) is 4.46. The molecule has 0 saturated heterocycles. The summed E-state index contributed by atoms with van der Waals surface area (Å²) in [6, 6.07) is 11.4. The number of halogens is 4. The fourth-order valence-corrected chi connectivity index (χ4v) is 2.98. The summed E-state index contributed by atoms with van der Waals surface area (Å²) in [7, 11) is 1.39. The Labute approximate surface area is 175 Å². The van der Waals surface area contributed by atoms with Crippen LogP contribution in [0.5, 0.6) is 11.5 Å². The molecule has 0 fully saturated rings. The molecular weight excluding hydrogens is 416 g/mol. The molecule has 3 rings (SSSR count). The highest BCUT2D eigenvalue weighted by molar-refractivity contribution is 6.07. The first-order valence-corrected chi connectivity index (χ1v) is 9.10. The molecule has 31 heavy (non-hydrogen) atoms. The van der Waals surface area contributed by atoms with E-state index in [1.165, 1.54) is 31.4 Å². The molecule has 1 heterocycles. The topological polar surface area (TPSA) is 64.3 Å². The highest BCUT2D eigenvalue weighted by Crippen LogP contribution is 2.28. The van der Waals surface area contributed by atoms with Gasteiger partial charge in [0.05, 0.1) is 13.7 Å². The number of phenolic OH excluding ortho intramolecular Hbond substituents is 1. The van der Waals surface area contributed by atoms with Crippen LogP contribution in [0.15, 0.2) is 54.6 Å². The van der Waals surface area contributed by atoms with Crippen LogP contribution in [0.25, 0.3) is 6.08 Å². The Hall–Kier alpha value is -3.62. The minimum atomic E-state index is -2.98. The lowest BCUT2D eigenvalue weighted by atomic mass is 10.1. The number of ketones is 1. The van der Waals surface area contributed by atoms with E-state index in [9.17, 15) is 27.5 Å². The lowest BCUT2D eigenvalue weighted by Gasteiger charge is -2.12. The van der Waals surface area contributed by atoms with Crippen molar-refractivity contribution in [2.45, 2.75) is 19.4 Å². The van der Waals surface area contributed by atoms with Crippen LogP contribution in [0, 0.1) is 0 Å². The zero-order valence-corrected chi connectivity index (χ0v) is 16.3. The minimum absolute atomic E-state index is 0.0387. The van der Waals surface area contributed by atoms with E-state index in [1.54, 1.807) is 30.3 Å². The first-order chi connectivity index (χ1) is 14.8. The number of methoxy groups -OCH3 is 1. The van der Waals surface area contributed by atoms with Crippen molar-refractivity contribution in [2.24, 2.45) is 0 Å². The average Bonchev–Trinajstić information content (AvgIpc) is 3.16. The zero-order valence-electron chi connectivity index (χ0n) is 16.3. The van der Waals surface area contributed by atoms with Gasteiger partial charge in [-0.1, -0.05) is 24.3 Å². The molecule has 0 aliphatic carbocycles. The van der Waals surface area contributed by atoms with Gasteiger partial charge < -0.3 is 9.84 Å². The molecule has 0 aliphatic rings. The van der Waals surface area contributed by atoms with Crippen LogP contribution in [-0.2, 0) is 6.54 Å². The van der Waals surface area contributed by atoms with Gasteiger partial charge in [0, 0.05) is 11.1 Å². The van der Waals surface area contributed by atoms with Gasteiger partial charge in [-0.2, -0.15) is 5.10 Å². The summed E-state index contributed by atoms with van der Waals surface area (Å²) >= 11 is 0. The number of carbonyl (C=O) groups excluding carboxylic acids is 1. The van der Waals surface area contributed by atoms with Crippen molar-refractivity contribution in [3.63, 3.8) is 0 Å². The molecule has 9 heteroatoms. The fourth-order valence-electron chi connectivity index (χ4n) is 2.98. The van der Waals surface area contributed by atoms with E-state index in [4.69, 9.17) is 4.74 Å². The Kier molecular flexibility index (Phi) is 6.74. The van der Waals surface area contributed by atoms with Gasteiger partial charge in [0.1, 0.15) is 22.9 Å². The van der Waals surface area contributed by atoms with E-state index < -0.39 is 24.2 Å². The molecule has 0 amide bonds. The summed E-state index contributed by atoms with van der Waals surface area (Å²) in [5.41, 5.74) is -0.0913. The summed E-state index contributed by atoms with van der Waals surface area (Å²) in [5, 5.41) is 13.1. The maximum atomic E-state index is 13.3. The molecule has 5 nitrogen and oxygen atoms in total. The highest BCUT2D eigenvalue weighted by Gasteiger charge is 2.22. The number of rotatable bonds is 8. The van der Waals surface area contributed by atoms with Crippen LogP contribution in [0.2, 0.25) is 0 Å². The normalized spacial score (nSPS) is 11.6. The summed E-state index contributed by atoms with van der Waals surface area (Å²) in [4.78, 5) is 12.3. The second kappa shape index (κ2) is 9.46. The molecule has 0 aliphatic heterocycles. The number of carbonyl (C=O) groups is 1. The zero-order chi connectivity index (χ0) is 22.5. The summed E-state index contributed by atoms with van der Waals surface area (Å²) in [5.74, 6) is -0.0316. The number of aromatic hydroxyl groups is 1. The first-order valence-electron chi connectivity index (χ1n) is 9.10. The van der Waals surface area contributed by atoms with E-state index in [-0.39, 0.29) is 18.1 Å². The molecule has 0 saturated carbocycles. The van der Waals surface area contributed by atoms with Crippen LogP contribution in [-0.4, -0.2) is 27.8 Å². The molecule has 0 unspecified atom stereocenters. The van der Waals surface area contributed by atoms with Gasteiger partial charge in [0.15, 0.2) is 5.78 Å². The molecule has 3 aromatic rings. The molecule has 0 radical (unpaired) electrons. The predicted molar refractivity (Wildman–Crippen MR) is 106 cm³/mol. The van der Waals surface area contributed by atoms with E-state index in [1.807, 2.05) is 0 Å². The van der Waals surface area contributed by atoms with Gasteiger partial charge in [-0.05, 0) is 42.0 Å². The lowest BCUT2D eigenvalue weighted by Crippen LogP contribution is -2.08. The maximum Gasteiger partial charge on any atom is 0.282 e. The van der Waals surface area contributed by atoms with Crippen molar-refractivity contribution in [3.8, 4) is 11.5 Å². The van der Waals surface area contributed by atoms with Gasteiger partial charge in [-0.3, -0.25) is 9.48 Å². The number of nitrogens with zero attached hydrogens (tertiary/aromatic N) is 2. The van der Waals surface area contributed by atoms with Crippen LogP contribution in [0.3, 0.4) is 0 Å². The monoisotopic (exact) mass is 434 g/mol. The quantitative estimate of drug-likeness (QED) is 0.292. The van der Waals surface area contributed by atoms with Gasteiger partial charge >= 0.3 is 0 Å². The maximum absolute atomic E-state index is 13.3. The number of phenols is 1. The van der Waals surface area contributed by atoms with Crippen molar-refractivity contribution in [3.05, 3.63) is 82.7 Å². The molecule has 0 atom stereocenters. The Morgan fingerprint density at radius 3 is 2.55 bits per heavy atom. The molecule has 2 aromatic carbocycles. The molecule has 162 valence electrons. The van der Waals surface area contributed by atoms with Crippen molar-refractivity contribution in [1.29, 1.82) is 0 Å². The van der Waals surface area contributed by atoms with Crippen LogP contribution >= 0.6 is 0 Å². The summed E-state index contributed by atoms with van der Waals surface area (Å²) in [6.45, 7) is -0.224. The smallest absolute Gasteiger partial charge is 0.282 e. The predicted octanol–water partition coefficient (Wildman–Crippen LogP) is 5.42. The third-order valence-corrected chi connectivity index (χ3v) is 4.46. The average molecular weight is 434 g/mol.